The van der Waals surface area contributed by atoms with Crippen LogP contribution in [0.3, 0.4) is 0 Å². The molecule has 0 fully saturated rings. The minimum Gasteiger partial charge on any atom is -0.353 e. The number of benzene rings is 1. The lowest BCUT2D eigenvalue weighted by molar-refractivity contribution is -0.124. The van der Waals surface area contributed by atoms with Crippen LogP contribution in [0, 0.1) is 5.92 Å². The quantitative estimate of drug-likeness (QED) is 0.832. The molecule has 3 heteroatoms. The van der Waals surface area contributed by atoms with Gasteiger partial charge in [-0.25, -0.2) is 0 Å². The van der Waals surface area contributed by atoms with E-state index in [0.717, 1.165) is 12.8 Å². The highest BCUT2D eigenvalue weighted by Gasteiger charge is 2.32. The van der Waals surface area contributed by atoms with E-state index in [4.69, 9.17) is 5.73 Å². The Morgan fingerprint density at radius 2 is 2.17 bits per heavy atom. The minimum atomic E-state index is 0.0419. The Labute approximate surface area is 109 Å². The number of hydrogen-bond donors (Lipinski definition) is 2. The van der Waals surface area contributed by atoms with E-state index in [9.17, 15) is 4.79 Å². The van der Waals surface area contributed by atoms with Gasteiger partial charge in [0.05, 0.1) is 5.92 Å². The molecule has 3 nitrogen and oxygen atoms in total. The number of nitrogens with two attached hydrogens (primary N) is 1. The molecule has 2 unspecified atom stereocenters. The molecule has 3 N–H and O–H groups in total. The van der Waals surface area contributed by atoms with E-state index in [-0.39, 0.29) is 17.9 Å². The van der Waals surface area contributed by atoms with Gasteiger partial charge in [-0.15, -0.1) is 0 Å². The van der Waals surface area contributed by atoms with Gasteiger partial charge in [-0.1, -0.05) is 38.1 Å². The molecule has 1 aliphatic rings. The lowest BCUT2D eigenvalue weighted by Crippen LogP contribution is -2.44. The van der Waals surface area contributed by atoms with Crippen LogP contribution in [0.25, 0.3) is 0 Å². The van der Waals surface area contributed by atoms with Gasteiger partial charge in [0.15, 0.2) is 0 Å². The Balaban J connectivity index is 1.98. The molecule has 1 aliphatic carbocycles. The fourth-order valence-electron chi connectivity index (χ4n) is 2.53. The number of amides is 1. The Morgan fingerprint density at radius 1 is 1.44 bits per heavy atom. The third-order valence-electron chi connectivity index (χ3n) is 3.78. The number of hydrogen-bond acceptors (Lipinski definition) is 2. The van der Waals surface area contributed by atoms with Crippen LogP contribution in [0.1, 0.15) is 37.3 Å². The summed E-state index contributed by atoms with van der Waals surface area (Å²) in [5, 5.41) is 3.14. The number of rotatable bonds is 5. The molecule has 2 atom stereocenters. The van der Waals surface area contributed by atoms with E-state index in [2.05, 4.69) is 31.3 Å². The first-order valence-corrected chi connectivity index (χ1v) is 6.71. The molecule has 1 aromatic carbocycles. The first-order chi connectivity index (χ1) is 8.63. The van der Waals surface area contributed by atoms with Gasteiger partial charge in [0.2, 0.25) is 5.91 Å². The van der Waals surface area contributed by atoms with Gasteiger partial charge >= 0.3 is 0 Å². The van der Waals surface area contributed by atoms with Crippen LogP contribution in [-0.4, -0.2) is 18.5 Å². The van der Waals surface area contributed by atoms with Crippen molar-refractivity contribution < 1.29 is 4.79 Å². The fourth-order valence-corrected chi connectivity index (χ4v) is 2.53. The van der Waals surface area contributed by atoms with Gasteiger partial charge in [-0.2, -0.15) is 0 Å². The highest BCUT2D eigenvalue weighted by atomic mass is 16.2. The van der Waals surface area contributed by atoms with E-state index in [1.807, 2.05) is 12.1 Å². The molecule has 0 saturated carbocycles. The van der Waals surface area contributed by atoms with Crippen molar-refractivity contribution in [2.45, 2.75) is 38.6 Å². The Hall–Kier alpha value is -1.35. The van der Waals surface area contributed by atoms with Gasteiger partial charge in [0, 0.05) is 6.04 Å². The predicted molar refractivity (Wildman–Crippen MR) is 73.3 cm³/mol. The van der Waals surface area contributed by atoms with Crippen molar-refractivity contribution in [1.82, 2.24) is 5.32 Å². The molecule has 18 heavy (non-hydrogen) atoms. The van der Waals surface area contributed by atoms with Crippen LogP contribution < -0.4 is 11.1 Å². The second-order valence-electron chi connectivity index (χ2n) is 5.39. The van der Waals surface area contributed by atoms with E-state index in [1.165, 1.54) is 11.1 Å². The van der Waals surface area contributed by atoms with Gasteiger partial charge in [0.25, 0.3) is 0 Å². The predicted octanol–water partition coefficient (Wildman–Crippen LogP) is 1.82. The largest absolute Gasteiger partial charge is 0.353 e. The summed E-state index contributed by atoms with van der Waals surface area (Å²) < 4.78 is 0. The van der Waals surface area contributed by atoms with Crippen molar-refractivity contribution in [3.63, 3.8) is 0 Å². The maximum Gasteiger partial charge on any atom is 0.228 e. The lowest BCUT2D eigenvalue weighted by Gasteiger charge is -2.31. The molecule has 0 aliphatic heterocycles. The number of carbonyl (C=O) groups excluding carboxylic acids is 1. The molecule has 98 valence electrons. The van der Waals surface area contributed by atoms with E-state index in [1.54, 1.807) is 0 Å². The maximum atomic E-state index is 12.2. The molecule has 2 rings (SSSR count). The lowest BCUT2D eigenvalue weighted by atomic mass is 9.77. The maximum absolute atomic E-state index is 12.2. The average molecular weight is 246 g/mol. The summed E-state index contributed by atoms with van der Waals surface area (Å²) in [5.74, 6) is 0.619. The van der Waals surface area contributed by atoms with Crippen molar-refractivity contribution in [3.05, 3.63) is 35.4 Å². The van der Waals surface area contributed by atoms with Crippen LogP contribution in [0.4, 0.5) is 0 Å². The van der Waals surface area contributed by atoms with Crippen LogP contribution in [0.5, 0.6) is 0 Å². The van der Waals surface area contributed by atoms with E-state index < -0.39 is 0 Å². The van der Waals surface area contributed by atoms with Crippen LogP contribution in [-0.2, 0) is 11.2 Å². The molecule has 1 amide bonds. The van der Waals surface area contributed by atoms with Gasteiger partial charge in [0.1, 0.15) is 0 Å². The fraction of sp³-hybridized carbons (Fsp3) is 0.533. The summed E-state index contributed by atoms with van der Waals surface area (Å²) in [6.45, 7) is 4.86. The zero-order valence-corrected chi connectivity index (χ0v) is 11.1. The highest BCUT2D eigenvalue weighted by Crippen LogP contribution is 2.35. The molecular formula is C15H22N2O. The molecule has 0 aromatic heterocycles. The third-order valence-corrected chi connectivity index (χ3v) is 3.78. The summed E-state index contributed by atoms with van der Waals surface area (Å²) in [6, 6.07) is 8.36. The molecule has 0 spiro atoms. The first kappa shape index (κ1) is 13.1. The Kier molecular flexibility index (Phi) is 4.02. The number of carbonyl (C=O) groups is 1. The van der Waals surface area contributed by atoms with Crippen molar-refractivity contribution in [2.24, 2.45) is 11.7 Å². The van der Waals surface area contributed by atoms with Crippen LogP contribution in [0.15, 0.2) is 24.3 Å². The van der Waals surface area contributed by atoms with Crippen LogP contribution >= 0.6 is 0 Å². The SMILES string of the molecule is CC(C)C(CCN)NC(=O)C1Cc2ccccc21. The van der Waals surface area contributed by atoms with E-state index in [0.29, 0.717) is 12.5 Å². The van der Waals surface area contributed by atoms with Gasteiger partial charge in [-0.3, -0.25) is 4.79 Å². The monoisotopic (exact) mass is 246 g/mol. The Bertz CT molecular complexity index is 428. The number of nitrogens with one attached hydrogen (secondary N) is 1. The molecular weight excluding hydrogens is 224 g/mol. The zero-order chi connectivity index (χ0) is 13.1. The van der Waals surface area contributed by atoms with Crippen molar-refractivity contribution >= 4 is 5.91 Å². The summed E-state index contributed by atoms with van der Waals surface area (Å²) in [5.41, 5.74) is 8.08. The summed E-state index contributed by atoms with van der Waals surface area (Å²) in [7, 11) is 0. The molecule has 0 bridgehead atoms. The second-order valence-corrected chi connectivity index (χ2v) is 5.39. The van der Waals surface area contributed by atoms with Crippen molar-refractivity contribution in [3.8, 4) is 0 Å². The average Bonchev–Trinajstić information content (AvgIpc) is 2.30. The van der Waals surface area contributed by atoms with Crippen molar-refractivity contribution in [1.29, 1.82) is 0 Å². The molecule has 0 saturated heterocycles. The summed E-state index contributed by atoms with van der Waals surface area (Å²) in [4.78, 5) is 12.2. The third kappa shape index (κ3) is 2.56. The highest BCUT2D eigenvalue weighted by molar-refractivity contribution is 5.87. The van der Waals surface area contributed by atoms with Gasteiger partial charge < -0.3 is 11.1 Å². The van der Waals surface area contributed by atoms with Crippen LogP contribution in [0.2, 0.25) is 0 Å². The summed E-state index contributed by atoms with van der Waals surface area (Å²) >= 11 is 0. The van der Waals surface area contributed by atoms with Gasteiger partial charge in [-0.05, 0) is 36.4 Å². The number of fused-ring (bicyclic) bond motifs is 1. The first-order valence-electron chi connectivity index (χ1n) is 6.71. The Morgan fingerprint density at radius 3 is 2.78 bits per heavy atom. The standard InChI is InChI=1S/C15H22N2O/c1-10(2)14(7-8-16)17-15(18)13-9-11-5-3-4-6-12(11)13/h3-6,10,13-14H,7-9,16H2,1-2H3,(H,17,18). The zero-order valence-electron chi connectivity index (χ0n) is 11.1. The summed E-state index contributed by atoms with van der Waals surface area (Å²) in [6.07, 6.45) is 1.72. The normalized spacial score (nSPS) is 19.0. The van der Waals surface area contributed by atoms with Crippen molar-refractivity contribution in [2.75, 3.05) is 6.54 Å². The molecule has 0 radical (unpaired) electrons. The molecule has 0 heterocycles. The minimum absolute atomic E-state index is 0.0419. The second kappa shape index (κ2) is 5.53. The smallest absolute Gasteiger partial charge is 0.228 e. The molecule has 1 aromatic rings. The van der Waals surface area contributed by atoms with E-state index >= 15 is 0 Å². The topological polar surface area (TPSA) is 55.1 Å².